The number of carboxylic acid groups (broad SMARTS) is 1. The topological polar surface area (TPSA) is 128 Å². The van der Waals surface area contributed by atoms with Crippen molar-refractivity contribution in [2.24, 2.45) is 0 Å². The second-order valence-corrected chi connectivity index (χ2v) is 10.5. The quantitative estimate of drug-likeness (QED) is 0.519. The fourth-order valence-corrected chi connectivity index (χ4v) is 4.93. The van der Waals surface area contributed by atoms with Crippen LogP contribution in [-0.2, 0) is 14.3 Å². The highest BCUT2D eigenvalue weighted by atomic mass is 16.6. The SMILES string of the molecule is CC(C)(C)OC(=O)N1CCC[C@H]1C(=O)Nc1ccccc1-c1ccccc1NC(=O)[C@@H]1CCCN1C(=O)O. The summed E-state index contributed by atoms with van der Waals surface area (Å²) in [5, 5.41) is 15.3. The first-order chi connectivity index (χ1) is 18.0. The molecule has 0 aromatic heterocycles. The maximum Gasteiger partial charge on any atom is 0.410 e. The van der Waals surface area contributed by atoms with Gasteiger partial charge < -0.3 is 20.5 Å². The molecule has 0 unspecified atom stereocenters. The fraction of sp³-hybridized carbons (Fsp3) is 0.429. The molecular weight excluding hydrogens is 488 g/mol. The van der Waals surface area contributed by atoms with Crippen molar-refractivity contribution >= 4 is 35.4 Å². The molecule has 2 aliphatic heterocycles. The van der Waals surface area contributed by atoms with Crippen LogP contribution in [0, 0.1) is 0 Å². The number of ether oxygens (including phenoxy) is 1. The molecule has 38 heavy (non-hydrogen) atoms. The molecule has 4 amide bonds. The summed E-state index contributed by atoms with van der Waals surface area (Å²) < 4.78 is 5.49. The molecule has 0 radical (unpaired) electrons. The Morgan fingerprint density at radius 3 is 1.71 bits per heavy atom. The molecule has 3 N–H and O–H groups in total. The number of nitrogens with zero attached hydrogens (tertiary/aromatic N) is 2. The van der Waals surface area contributed by atoms with Crippen LogP contribution in [0.25, 0.3) is 11.1 Å². The fourth-order valence-electron chi connectivity index (χ4n) is 4.93. The minimum atomic E-state index is -1.11. The zero-order chi connectivity index (χ0) is 27.4. The number of carbonyl (C=O) groups is 4. The maximum atomic E-state index is 13.3. The summed E-state index contributed by atoms with van der Waals surface area (Å²) in [6, 6.07) is 13.0. The molecule has 4 rings (SSSR count). The summed E-state index contributed by atoms with van der Waals surface area (Å²) in [7, 11) is 0. The lowest BCUT2D eigenvalue weighted by Gasteiger charge is -2.28. The van der Waals surface area contributed by atoms with E-state index in [0.717, 1.165) is 4.90 Å². The van der Waals surface area contributed by atoms with Gasteiger partial charge in [0.2, 0.25) is 11.8 Å². The van der Waals surface area contributed by atoms with Crippen LogP contribution in [0.2, 0.25) is 0 Å². The predicted molar refractivity (Wildman–Crippen MR) is 143 cm³/mol. The van der Waals surface area contributed by atoms with E-state index >= 15 is 0 Å². The number of amides is 4. The summed E-state index contributed by atoms with van der Waals surface area (Å²) in [6.07, 6.45) is 0.685. The number of likely N-dealkylation sites (tertiary alicyclic amines) is 2. The third kappa shape index (κ3) is 6.07. The van der Waals surface area contributed by atoms with Gasteiger partial charge in [0.25, 0.3) is 0 Å². The van der Waals surface area contributed by atoms with Gasteiger partial charge in [-0.05, 0) is 58.6 Å². The summed E-state index contributed by atoms with van der Waals surface area (Å²) >= 11 is 0. The highest BCUT2D eigenvalue weighted by molar-refractivity contribution is 6.04. The van der Waals surface area contributed by atoms with Crippen LogP contribution in [0.15, 0.2) is 48.5 Å². The summed E-state index contributed by atoms with van der Waals surface area (Å²) in [4.78, 5) is 53.2. The Kier molecular flexibility index (Phi) is 7.89. The summed E-state index contributed by atoms with van der Waals surface area (Å²) in [5.41, 5.74) is 1.73. The lowest BCUT2D eigenvalue weighted by molar-refractivity contribution is -0.120. The molecule has 10 nitrogen and oxygen atoms in total. The molecule has 2 heterocycles. The van der Waals surface area contributed by atoms with Gasteiger partial charge in [-0.1, -0.05) is 36.4 Å². The van der Waals surface area contributed by atoms with Gasteiger partial charge >= 0.3 is 12.2 Å². The molecule has 2 aromatic rings. The van der Waals surface area contributed by atoms with Crippen molar-refractivity contribution in [1.29, 1.82) is 0 Å². The van der Waals surface area contributed by atoms with Crippen molar-refractivity contribution in [2.75, 3.05) is 23.7 Å². The predicted octanol–water partition coefficient (Wildman–Crippen LogP) is 4.77. The first-order valence-electron chi connectivity index (χ1n) is 12.8. The van der Waals surface area contributed by atoms with Crippen LogP contribution in [0.3, 0.4) is 0 Å². The molecule has 2 fully saturated rings. The maximum absolute atomic E-state index is 13.3. The number of anilines is 2. The van der Waals surface area contributed by atoms with Crippen molar-refractivity contribution in [2.45, 2.75) is 64.1 Å². The van der Waals surface area contributed by atoms with Crippen molar-refractivity contribution in [3.05, 3.63) is 48.5 Å². The van der Waals surface area contributed by atoms with Gasteiger partial charge in [-0.2, -0.15) is 0 Å². The number of para-hydroxylation sites is 2. The van der Waals surface area contributed by atoms with Gasteiger partial charge in [0.15, 0.2) is 0 Å². The van der Waals surface area contributed by atoms with Crippen LogP contribution < -0.4 is 10.6 Å². The Bertz CT molecular complexity index is 1220. The number of hydrogen-bond acceptors (Lipinski definition) is 5. The number of hydrogen-bond donors (Lipinski definition) is 3. The lowest BCUT2D eigenvalue weighted by Crippen LogP contribution is -2.45. The molecule has 2 aromatic carbocycles. The number of benzene rings is 2. The van der Waals surface area contributed by atoms with E-state index in [0.29, 0.717) is 61.3 Å². The van der Waals surface area contributed by atoms with Crippen LogP contribution in [0.5, 0.6) is 0 Å². The van der Waals surface area contributed by atoms with E-state index in [1.807, 2.05) is 24.3 Å². The van der Waals surface area contributed by atoms with Crippen LogP contribution in [0.4, 0.5) is 21.0 Å². The van der Waals surface area contributed by atoms with Gasteiger partial charge in [-0.3, -0.25) is 19.4 Å². The molecule has 2 aliphatic rings. The molecule has 2 saturated heterocycles. The van der Waals surface area contributed by atoms with E-state index in [4.69, 9.17) is 4.74 Å². The zero-order valence-electron chi connectivity index (χ0n) is 21.9. The number of carbonyl (C=O) groups excluding carboxylic acids is 3. The second kappa shape index (κ2) is 11.1. The Labute approximate surface area is 221 Å². The molecular formula is C28H34N4O6. The van der Waals surface area contributed by atoms with Crippen LogP contribution >= 0.6 is 0 Å². The normalized spacial score (nSPS) is 19.2. The third-order valence-electron chi connectivity index (χ3n) is 6.64. The molecule has 0 spiro atoms. The Morgan fingerprint density at radius 1 is 0.789 bits per heavy atom. The Balaban J connectivity index is 1.55. The largest absolute Gasteiger partial charge is 0.465 e. The second-order valence-electron chi connectivity index (χ2n) is 10.5. The van der Waals surface area contributed by atoms with Gasteiger partial charge in [-0.25, -0.2) is 9.59 Å². The summed E-state index contributed by atoms with van der Waals surface area (Å²) in [5.74, 6) is -0.705. The van der Waals surface area contributed by atoms with Crippen LogP contribution in [-0.4, -0.2) is 69.7 Å². The monoisotopic (exact) mass is 522 g/mol. The minimum absolute atomic E-state index is 0.314. The van der Waals surface area contributed by atoms with Crippen molar-refractivity contribution in [1.82, 2.24) is 9.80 Å². The molecule has 2 atom stereocenters. The highest BCUT2D eigenvalue weighted by Crippen LogP contribution is 2.35. The van der Waals surface area contributed by atoms with E-state index in [9.17, 15) is 24.3 Å². The lowest BCUT2D eigenvalue weighted by atomic mass is 10.0. The van der Waals surface area contributed by atoms with Gasteiger partial charge in [0.05, 0.1) is 0 Å². The van der Waals surface area contributed by atoms with E-state index in [1.54, 1.807) is 45.0 Å². The first kappa shape index (κ1) is 27.0. The minimum Gasteiger partial charge on any atom is -0.465 e. The van der Waals surface area contributed by atoms with E-state index in [-0.39, 0.29) is 5.91 Å². The third-order valence-corrected chi connectivity index (χ3v) is 6.64. The van der Waals surface area contributed by atoms with E-state index in [2.05, 4.69) is 10.6 Å². The highest BCUT2D eigenvalue weighted by Gasteiger charge is 2.37. The standard InChI is InChI=1S/C28H34N4O6/c1-28(2,3)38-27(37)32-17-9-15-23(32)25(34)30-21-13-7-5-11-19(21)18-10-4-6-12-20(18)29-24(33)22-14-8-16-31(22)26(35)36/h4-7,10-13,22-23H,8-9,14-17H2,1-3H3,(H,29,33)(H,30,34)(H,35,36)/t22-,23-/m0/s1. The van der Waals surface area contributed by atoms with E-state index < -0.39 is 35.8 Å². The Hall–Kier alpha value is -4.08. The first-order valence-corrected chi connectivity index (χ1v) is 12.8. The average molecular weight is 523 g/mol. The average Bonchev–Trinajstić information content (AvgIpc) is 3.54. The van der Waals surface area contributed by atoms with Gasteiger partial charge in [0.1, 0.15) is 17.7 Å². The van der Waals surface area contributed by atoms with Crippen molar-refractivity contribution in [3.8, 4) is 11.1 Å². The van der Waals surface area contributed by atoms with Gasteiger partial charge in [-0.15, -0.1) is 0 Å². The Morgan fingerprint density at radius 2 is 1.24 bits per heavy atom. The van der Waals surface area contributed by atoms with Crippen molar-refractivity contribution < 1.29 is 29.0 Å². The molecule has 10 heteroatoms. The molecule has 0 bridgehead atoms. The molecule has 0 aliphatic carbocycles. The van der Waals surface area contributed by atoms with E-state index in [1.165, 1.54) is 4.90 Å². The molecule has 0 saturated carbocycles. The van der Waals surface area contributed by atoms with Gasteiger partial charge in [0, 0.05) is 35.6 Å². The summed E-state index contributed by atoms with van der Waals surface area (Å²) in [6.45, 7) is 6.13. The zero-order valence-corrected chi connectivity index (χ0v) is 21.9. The van der Waals surface area contributed by atoms with Crippen LogP contribution in [0.1, 0.15) is 46.5 Å². The number of nitrogens with one attached hydrogen (secondary N) is 2. The smallest absolute Gasteiger partial charge is 0.410 e. The number of rotatable bonds is 5. The molecule has 202 valence electrons. The van der Waals surface area contributed by atoms with Crippen molar-refractivity contribution in [3.63, 3.8) is 0 Å².